The van der Waals surface area contributed by atoms with E-state index in [1.807, 2.05) is 0 Å². The fourth-order valence-corrected chi connectivity index (χ4v) is 3.98. The molecule has 0 aromatic carbocycles. The summed E-state index contributed by atoms with van der Waals surface area (Å²) in [6, 6.07) is 1.34. The molecule has 22 heavy (non-hydrogen) atoms. The Bertz CT molecular complexity index is 706. The number of nitrogens with zero attached hydrogens (tertiary/aromatic N) is 4. The van der Waals surface area contributed by atoms with Gasteiger partial charge in [0.1, 0.15) is 18.2 Å². The number of cyclic esters (lactones) is 1. The SMILES string of the molecule is Cc1cc(N2CCOC2=O)nc([C@@H]2CCCN2S(C)(=O)=O)n1. The average molecular weight is 326 g/mol. The van der Waals surface area contributed by atoms with Crippen LogP contribution in [0.2, 0.25) is 0 Å². The smallest absolute Gasteiger partial charge is 0.415 e. The Morgan fingerprint density at radius 1 is 1.32 bits per heavy atom. The lowest BCUT2D eigenvalue weighted by Gasteiger charge is -2.22. The van der Waals surface area contributed by atoms with Gasteiger partial charge < -0.3 is 4.74 Å². The Balaban J connectivity index is 1.97. The summed E-state index contributed by atoms with van der Waals surface area (Å²) in [5.41, 5.74) is 0.694. The number of amides is 1. The molecule has 3 rings (SSSR count). The highest BCUT2D eigenvalue weighted by atomic mass is 32.2. The highest BCUT2D eigenvalue weighted by Gasteiger charge is 2.35. The number of carbonyl (C=O) groups excluding carboxylic acids is 1. The van der Waals surface area contributed by atoms with E-state index in [2.05, 4.69) is 9.97 Å². The summed E-state index contributed by atoms with van der Waals surface area (Å²) in [6.07, 6.45) is 2.21. The van der Waals surface area contributed by atoms with Crippen LogP contribution in [0, 0.1) is 6.92 Å². The number of aryl methyl sites for hydroxylation is 1. The van der Waals surface area contributed by atoms with Crippen LogP contribution in [0.15, 0.2) is 6.07 Å². The molecule has 0 aliphatic carbocycles. The van der Waals surface area contributed by atoms with Gasteiger partial charge in [0, 0.05) is 18.3 Å². The third-order valence-corrected chi connectivity index (χ3v) is 5.11. The third-order valence-electron chi connectivity index (χ3n) is 3.82. The molecule has 9 heteroatoms. The molecule has 0 radical (unpaired) electrons. The second kappa shape index (κ2) is 5.47. The van der Waals surface area contributed by atoms with Crippen molar-refractivity contribution in [2.45, 2.75) is 25.8 Å². The molecule has 1 aromatic rings. The van der Waals surface area contributed by atoms with E-state index in [0.717, 1.165) is 6.42 Å². The molecule has 120 valence electrons. The average Bonchev–Trinajstić information content (AvgIpc) is 3.05. The Morgan fingerprint density at radius 2 is 2.09 bits per heavy atom. The Labute approximate surface area is 129 Å². The van der Waals surface area contributed by atoms with E-state index >= 15 is 0 Å². The number of aromatic nitrogens is 2. The van der Waals surface area contributed by atoms with Gasteiger partial charge in [0.05, 0.1) is 18.8 Å². The lowest BCUT2D eigenvalue weighted by molar-refractivity contribution is 0.181. The molecular weight excluding hydrogens is 308 g/mol. The summed E-state index contributed by atoms with van der Waals surface area (Å²) in [5.74, 6) is 0.906. The first-order chi connectivity index (χ1) is 10.4. The lowest BCUT2D eigenvalue weighted by atomic mass is 10.2. The lowest BCUT2D eigenvalue weighted by Crippen LogP contribution is -2.31. The molecule has 0 unspecified atom stereocenters. The van der Waals surface area contributed by atoms with Gasteiger partial charge in [0.25, 0.3) is 0 Å². The molecule has 2 aliphatic rings. The van der Waals surface area contributed by atoms with Crippen LogP contribution in [0.25, 0.3) is 0 Å². The second-order valence-corrected chi connectivity index (χ2v) is 7.46. The molecule has 0 N–H and O–H groups in total. The van der Waals surface area contributed by atoms with E-state index in [0.29, 0.717) is 43.5 Å². The Hall–Kier alpha value is -1.74. The van der Waals surface area contributed by atoms with Crippen molar-refractivity contribution in [3.05, 3.63) is 17.6 Å². The summed E-state index contributed by atoms with van der Waals surface area (Å²) in [5, 5.41) is 0. The van der Waals surface area contributed by atoms with Crippen LogP contribution in [0.1, 0.15) is 30.4 Å². The van der Waals surface area contributed by atoms with E-state index in [9.17, 15) is 13.2 Å². The third kappa shape index (κ3) is 2.78. The van der Waals surface area contributed by atoms with Crippen LogP contribution >= 0.6 is 0 Å². The molecule has 2 fully saturated rings. The van der Waals surface area contributed by atoms with E-state index < -0.39 is 16.1 Å². The van der Waals surface area contributed by atoms with E-state index in [4.69, 9.17) is 4.74 Å². The maximum absolute atomic E-state index is 11.9. The van der Waals surface area contributed by atoms with Gasteiger partial charge in [0.15, 0.2) is 0 Å². The van der Waals surface area contributed by atoms with Crippen LogP contribution < -0.4 is 4.90 Å². The van der Waals surface area contributed by atoms with Gasteiger partial charge in [0.2, 0.25) is 10.0 Å². The van der Waals surface area contributed by atoms with Crippen molar-refractivity contribution in [1.82, 2.24) is 14.3 Å². The normalized spacial score (nSPS) is 23.1. The Kier molecular flexibility index (Phi) is 3.77. The topological polar surface area (TPSA) is 92.7 Å². The zero-order chi connectivity index (χ0) is 15.9. The number of ether oxygens (including phenoxy) is 1. The molecule has 8 nitrogen and oxygen atoms in total. The molecule has 0 saturated carbocycles. The van der Waals surface area contributed by atoms with Crippen molar-refractivity contribution in [2.24, 2.45) is 0 Å². The first-order valence-corrected chi connectivity index (χ1v) is 8.98. The van der Waals surface area contributed by atoms with Gasteiger partial charge in [-0.1, -0.05) is 0 Å². The summed E-state index contributed by atoms with van der Waals surface area (Å²) < 4.78 is 30.1. The van der Waals surface area contributed by atoms with Crippen molar-refractivity contribution >= 4 is 21.9 Å². The van der Waals surface area contributed by atoms with Crippen LogP contribution in [0.5, 0.6) is 0 Å². The summed E-state index contributed by atoms with van der Waals surface area (Å²) in [4.78, 5) is 21.9. The number of anilines is 1. The molecule has 1 aromatic heterocycles. The molecule has 1 amide bonds. The zero-order valence-electron chi connectivity index (χ0n) is 12.5. The van der Waals surface area contributed by atoms with Gasteiger partial charge in [-0.3, -0.25) is 4.90 Å². The first kappa shape index (κ1) is 15.2. The van der Waals surface area contributed by atoms with Gasteiger partial charge in [-0.25, -0.2) is 23.2 Å². The van der Waals surface area contributed by atoms with Crippen molar-refractivity contribution in [3.8, 4) is 0 Å². The van der Waals surface area contributed by atoms with Crippen molar-refractivity contribution in [2.75, 3.05) is 30.9 Å². The second-order valence-electron chi connectivity index (χ2n) is 5.52. The standard InChI is InChI=1S/C13H18N4O4S/c1-9-8-11(16-6-7-21-13(16)18)15-12(14-9)10-4-3-5-17(10)22(2,19)20/h8,10H,3-7H2,1-2H3/t10-/m0/s1. The number of sulfonamides is 1. The minimum Gasteiger partial charge on any atom is -0.447 e. The van der Waals surface area contributed by atoms with Crippen LogP contribution in [-0.2, 0) is 14.8 Å². The number of hydrogen-bond donors (Lipinski definition) is 0. The number of rotatable bonds is 3. The first-order valence-electron chi connectivity index (χ1n) is 7.13. The van der Waals surface area contributed by atoms with Gasteiger partial charge in [-0.15, -0.1) is 0 Å². The van der Waals surface area contributed by atoms with E-state index in [-0.39, 0.29) is 6.04 Å². The summed E-state index contributed by atoms with van der Waals surface area (Å²) in [7, 11) is -3.31. The zero-order valence-corrected chi connectivity index (χ0v) is 13.3. The van der Waals surface area contributed by atoms with Gasteiger partial charge in [-0.05, 0) is 19.8 Å². The van der Waals surface area contributed by atoms with Crippen molar-refractivity contribution < 1.29 is 17.9 Å². The van der Waals surface area contributed by atoms with Crippen LogP contribution in [-0.4, -0.2) is 54.7 Å². The van der Waals surface area contributed by atoms with Crippen molar-refractivity contribution in [1.29, 1.82) is 0 Å². The summed E-state index contributed by atoms with van der Waals surface area (Å²) in [6.45, 7) is 3.04. The maximum Gasteiger partial charge on any atom is 0.415 e. The van der Waals surface area contributed by atoms with Gasteiger partial charge >= 0.3 is 6.09 Å². The van der Waals surface area contributed by atoms with E-state index in [1.54, 1.807) is 13.0 Å². The predicted octanol–water partition coefficient (Wildman–Crippen LogP) is 0.838. The minimum atomic E-state index is -3.31. The maximum atomic E-state index is 11.9. The molecule has 0 spiro atoms. The molecular formula is C13H18N4O4S. The van der Waals surface area contributed by atoms with Crippen LogP contribution in [0.3, 0.4) is 0 Å². The summed E-state index contributed by atoms with van der Waals surface area (Å²) >= 11 is 0. The highest BCUT2D eigenvalue weighted by Crippen LogP contribution is 2.33. The Morgan fingerprint density at radius 3 is 2.73 bits per heavy atom. The predicted molar refractivity (Wildman–Crippen MR) is 79.0 cm³/mol. The fourth-order valence-electron chi connectivity index (χ4n) is 2.86. The van der Waals surface area contributed by atoms with Gasteiger partial charge in [-0.2, -0.15) is 4.31 Å². The van der Waals surface area contributed by atoms with Crippen molar-refractivity contribution in [3.63, 3.8) is 0 Å². The number of carbonyl (C=O) groups is 1. The molecule has 0 bridgehead atoms. The molecule has 3 heterocycles. The largest absolute Gasteiger partial charge is 0.447 e. The minimum absolute atomic E-state index is 0.329. The monoisotopic (exact) mass is 326 g/mol. The number of hydrogen-bond acceptors (Lipinski definition) is 6. The van der Waals surface area contributed by atoms with E-state index in [1.165, 1.54) is 15.5 Å². The molecule has 2 saturated heterocycles. The molecule has 1 atom stereocenters. The fraction of sp³-hybridized carbons (Fsp3) is 0.615. The highest BCUT2D eigenvalue weighted by molar-refractivity contribution is 7.88. The van der Waals surface area contributed by atoms with Crippen LogP contribution in [0.4, 0.5) is 10.6 Å². The quantitative estimate of drug-likeness (QED) is 0.817. The molecule has 2 aliphatic heterocycles.